The van der Waals surface area contributed by atoms with Gasteiger partial charge in [0.25, 0.3) is 10.1 Å². The van der Waals surface area contributed by atoms with Gasteiger partial charge in [0.15, 0.2) is 34.0 Å². The van der Waals surface area contributed by atoms with Gasteiger partial charge >= 0.3 is 0 Å². The zero-order chi connectivity index (χ0) is 44.8. The summed E-state index contributed by atoms with van der Waals surface area (Å²) in [6.07, 6.45) is 6.37. The quantitative estimate of drug-likeness (QED) is 0.102. The number of ether oxygens (including phenoxy) is 1. The molecule has 0 aliphatic heterocycles. The van der Waals surface area contributed by atoms with E-state index in [0.29, 0.717) is 94.4 Å². The van der Waals surface area contributed by atoms with Crippen LogP contribution in [0.5, 0.6) is 0 Å². The second-order valence-electron chi connectivity index (χ2n) is 14.9. The lowest BCUT2D eigenvalue weighted by Gasteiger charge is -2.11. The molecule has 0 aliphatic carbocycles. The highest BCUT2D eigenvalue weighted by molar-refractivity contribution is 7.85. The molecule has 2 aromatic carbocycles. The first-order valence-corrected chi connectivity index (χ1v) is 21.4. The van der Waals surface area contributed by atoms with Crippen LogP contribution in [0.15, 0.2) is 85.5 Å². The number of nitrogens with zero attached hydrogens (tertiary/aromatic N) is 11. The Labute approximate surface area is 362 Å². The number of nitrogens with two attached hydrogens (primary N) is 2. The standard InChI is InChI=1S/C23H26FN7O.C20H19FN6O3S/c1-15-27-21(25)20-23(28-15)31(22(29-20)18-10-19(24)12-26-11-18)13-16-4-6-17(7-5-16)14-32-9-8-30(2)3;1-12-24-18(22)17-20(25-12)27(19(26-17)15-7-16(21)9-23-8-15)10-13-3-5-14(6-4-13)11-30-31(2,28)29/h4-7,10-12H,8-9,13-14H2,1-3H3,(H2,25,27,28);3-9H,10-11H2,1-2H3,(H2,22,24,25). The molecule has 0 unspecified atom stereocenters. The third kappa shape index (κ3) is 11.2. The summed E-state index contributed by atoms with van der Waals surface area (Å²) >= 11 is 0. The van der Waals surface area contributed by atoms with Crippen molar-refractivity contribution in [1.82, 2.24) is 53.9 Å². The second kappa shape index (κ2) is 19.0. The van der Waals surface area contributed by atoms with Crippen LogP contribution in [-0.2, 0) is 45.3 Å². The summed E-state index contributed by atoms with van der Waals surface area (Å²) < 4.78 is 64.3. The van der Waals surface area contributed by atoms with Gasteiger partial charge < -0.3 is 30.2 Å². The number of nitrogen functional groups attached to an aromatic ring is 2. The van der Waals surface area contributed by atoms with Crippen molar-refractivity contribution in [1.29, 1.82) is 0 Å². The molecule has 326 valence electrons. The summed E-state index contributed by atoms with van der Waals surface area (Å²) in [6, 6.07) is 18.2. The van der Waals surface area contributed by atoms with Crippen molar-refractivity contribution >= 4 is 44.1 Å². The Morgan fingerprint density at radius 1 is 0.635 bits per heavy atom. The van der Waals surface area contributed by atoms with Gasteiger partial charge in [-0.3, -0.25) is 14.2 Å². The van der Waals surface area contributed by atoms with Crippen LogP contribution in [-0.4, -0.2) is 95.8 Å². The minimum atomic E-state index is -3.52. The smallest absolute Gasteiger partial charge is 0.264 e. The third-order valence-electron chi connectivity index (χ3n) is 9.51. The Hall–Kier alpha value is -6.87. The summed E-state index contributed by atoms with van der Waals surface area (Å²) in [5.41, 5.74) is 19.0. The number of benzene rings is 2. The van der Waals surface area contributed by atoms with Gasteiger partial charge in [-0.1, -0.05) is 48.5 Å². The second-order valence-corrected chi connectivity index (χ2v) is 16.6. The molecule has 17 nitrogen and oxygen atoms in total. The maximum Gasteiger partial charge on any atom is 0.264 e. The molecule has 0 saturated carbocycles. The first-order chi connectivity index (χ1) is 30.1. The molecule has 20 heteroatoms. The number of hydrogen-bond acceptors (Lipinski definition) is 15. The van der Waals surface area contributed by atoms with Gasteiger partial charge in [-0.25, -0.2) is 38.7 Å². The molecule has 0 bridgehead atoms. The maximum atomic E-state index is 13.9. The first-order valence-electron chi connectivity index (χ1n) is 19.5. The molecule has 4 N–H and O–H groups in total. The van der Waals surface area contributed by atoms with E-state index in [9.17, 15) is 17.2 Å². The zero-order valence-electron chi connectivity index (χ0n) is 35.2. The Balaban J connectivity index is 0.000000189. The molecule has 0 fully saturated rings. The van der Waals surface area contributed by atoms with E-state index in [1.807, 2.05) is 59.6 Å². The van der Waals surface area contributed by atoms with Crippen LogP contribution in [0.2, 0.25) is 0 Å². The van der Waals surface area contributed by atoms with E-state index in [1.54, 1.807) is 32.2 Å². The Morgan fingerprint density at radius 3 is 1.48 bits per heavy atom. The van der Waals surface area contributed by atoms with Gasteiger partial charge in [-0.2, -0.15) is 8.42 Å². The Morgan fingerprint density at radius 2 is 1.06 bits per heavy atom. The van der Waals surface area contributed by atoms with Crippen LogP contribution in [0.4, 0.5) is 20.4 Å². The Bertz CT molecular complexity index is 3000. The average Bonchev–Trinajstić information content (AvgIpc) is 3.78. The zero-order valence-corrected chi connectivity index (χ0v) is 36.0. The monoisotopic (exact) mass is 877 g/mol. The van der Waals surface area contributed by atoms with Crippen molar-refractivity contribution in [3.63, 3.8) is 0 Å². The molecular formula is C43H45F2N13O4S. The number of imidazole rings is 2. The van der Waals surface area contributed by atoms with Crippen molar-refractivity contribution in [2.45, 2.75) is 40.2 Å². The van der Waals surface area contributed by atoms with Gasteiger partial charge in [-0.05, 0) is 62.3 Å². The van der Waals surface area contributed by atoms with Gasteiger partial charge in [0.1, 0.15) is 34.9 Å². The van der Waals surface area contributed by atoms with Crippen molar-refractivity contribution in [3.05, 3.63) is 131 Å². The molecule has 8 aromatic rings. The number of hydrogen-bond donors (Lipinski definition) is 2. The van der Waals surface area contributed by atoms with Crippen LogP contribution >= 0.6 is 0 Å². The van der Waals surface area contributed by atoms with Crippen LogP contribution < -0.4 is 11.5 Å². The summed E-state index contributed by atoms with van der Waals surface area (Å²) in [6.45, 7) is 6.44. The molecule has 0 aliphatic rings. The SMILES string of the molecule is Cc1nc(N)c2nc(-c3cncc(F)c3)n(Cc3ccc(COCCN(C)C)cc3)c2n1.Cc1nc(N)c2nc(-c3cncc(F)c3)n(Cc3ccc(COS(C)(=O)=O)cc3)c2n1. The molecule has 8 rings (SSSR count). The number of fused-ring (bicyclic) bond motifs is 2. The van der Waals surface area contributed by atoms with Crippen LogP contribution in [0, 0.1) is 25.5 Å². The fraction of sp³-hybridized carbons (Fsp3) is 0.256. The lowest BCUT2D eigenvalue weighted by Crippen LogP contribution is -2.17. The third-order valence-corrected chi connectivity index (χ3v) is 10.1. The Kier molecular flexibility index (Phi) is 13.4. The number of anilines is 2. The fourth-order valence-electron chi connectivity index (χ4n) is 6.54. The molecule has 0 spiro atoms. The van der Waals surface area contributed by atoms with Crippen molar-refractivity contribution in [3.8, 4) is 22.8 Å². The van der Waals surface area contributed by atoms with Gasteiger partial charge in [0, 0.05) is 30.1 Å². The highest BCUT2D eigenvalue weighted by Crippen LogP contribution is 2.29. The van der Waals surface area contributed by atoms with E-state index in [-0.39, 0.29) is 12.4 Å². The molecule has 0 radical (unpaired) electrons. The largest absolute Gasteiger partial charge is 0.382 e. The average molecular weight is 878 g/mol. The number of aryl methyl sites for hydroxylation is 2. The molecule has 6 aromatic heterocycles. The predicted octanol–water partition coefficient (Wildman–Crippen LogP) is 5.49. The van der Waals surface area contributed by atoms with Crippen LogP contribution in [0.3, 0.4) is 0 Å². The summed E-state index contributed by atoms with van der Waals surface area (Å²) in [5, 5.41) is 0. The minimum absolute atomic E-state index is 0.0454. The van der Waals surface area contributed by atoms with E-state index < -0.39 is 21.8 Å². The van der Waals surface area contributed by atoms with E-state index in [0.717, 1.165) is 41.9 Å². The molecular weight excluding hydrogens is 833 g/mol. The van der Waals surface area contributed by atoms with E-state index in [2.05, 4.69) is 44.8 Å². The van der Waals surface area contributed by atoms with Crippen LogP contribution in [0.25, 0.3) is 45.1 Å². The minimum Gasteiger partial charge on any atom is -0.382 e. The van der Waals surface area contributed by atoms with E-state index >= 15 is 0 Å². The van der Waals surface area contributed by atoms with Gasteiger partial charge in [0.2, 0.25) is 0 Å². The van der Waals surface area contributed by atoms with Crippen molar-refractivity contribution in [2.75, 3.05) is 45.0 Å². The molecule has 0 amide bonds. The topological polar surface area (TPSA) is 221 Å². The predicted molar refractivity (Wildman–Crippen MR) is 234 cm³/mol. The van der Waals surface area contributed by atoms with Crippen molar-refractivity contribution < 1.29 is 26.1 Å². The summed E-state index contributed by atoms with van der Waals surface area (Å²) in [4.78, 5) is 36.6. The lowest BCUT2D eigenvalue weighted by atomic mass is 10.1. The van der Waals surface area contributed by atoms with Crippen LogP contribution in [0.1, 0.15) is 33.9 Å². The highest BCUT2D eigenvalue weighted by atomic mass is 32.2. The normalized spacial score (nSPS) is 11.7. The van der Waals surface area contributed by atoms with Gasteiger partial charge in [-0.15, -0.1) is 0 Å². The number of halogens is 2. The number of likely N-dealkylation sites (N-methyl/N-ethyl adjacent to an activating group) is 1. The van der Waals surface area contributed by atoms with E-state index in [4.69, 9.17) is 20.4 Å². The fourth-order valence-corrected chi connectivity index (χ4v) is 6.89. The first kappa shape index (κ1) is 44.2. The van der Waals surface area contributed by atoms with Crippen molar-refractivity contribution in [2.24, 2.45) is 0 Å². The maximum absolute atomic E-state index is 13.9. The number of aromatic nitrogens is 10. The van der Waals surface area contributed by atoms with E-state index in [1.165, 1.54) is 18.3 Å². The molecule has 6 heterocycles. The number of pyridine rings is 2. The lowest BCUT2D eigenvalue weighted by molar-refractivity contribution is 0.105. The number of rotatable bonds is 14. The molecule has 0 atom stereocenters. The highest BCUT2D eigenvalue weighted by Gasteiger charge is 2.20. The molecule has 0 saturated heterocycles. The summed E-state index contributed by atoms with van der Waals surface area (Å²) in [5.74, 6) is 1.64. The molecule has 63 heavy (non-hydrogen) atoms. The van der Waals surface area contributed by atoms with Gasteiger partial charge in [0.05, 0.1) is 51.6 Å². The summed E-state index contributed by atoms with van der Waals surface area (Å²) in [7, 11) is 0.519.